The minimum absolute atomic E-state index is 0.535. The maximum absolute atomic E-state index is 5.63. The van der Waals surface area contributed by atoms with Gasteiger partial charge in [0.15, 0.2) is 0 Å². The van der Waals surface area contributed by atoms with Gasteiger partial charge in [0, 0.05) is 12.3 Å². The van der Waals surface area contributed by atoms with Gasteiger partial charge in [-0.05, 0) is 24.1 Å². The van der Waals surface area contributed by atoms with Crippen LogP contribution >= 0.6 is 0 Å². The van der Waals surface area contributed by atoms with Crippen molar-refractivity contribution in [1.29, 1.82) is 0 Å². The Morgan fingerprint density at radius 1 is 1.24 bits per heavy atom. The summed E-state index contributed by atoms with van der Waals surface area (Å²) in [5, 5.41) is 0. The highest BCUT2D eigenvalue weighted by atomic mass is 16.5. The SMILES string of the molecule is C=C(C)c1ccnc(OCc2ccccc2)c1. The fraction of sp³-hybridized carbons (Fsp3) is 0.133. The van der Waals surface area contributed by atoms with Gasteiger partial charge >= 0.3 is 0 Å². The summed E-state index contributed by atoms with van der Waals surface area (Å²) in [6.07, 6.45) is 1.74. The summed E-state index contributed by atoms with van der Waals surface area (Å²) in [4.78, 5) is 4.17. The van der Waals surface area contributed by atoms with Crippen LogP contribution < -0.4 is 4.74 Å². The first-order chi connectivity index (χ1) is 8.25. The van der Waals surface area contributed by atoms with E-state index in [9.17, 15) is 0 Å². The molecule has 0 bridgehead atoms. The van der Waals surface area contributed by atoms with Crippen molar-refractivity contribution in [1.82, 2.24) is 4.98 Å². The van der Waals surface area contributed by atoms with Gasteiger partial charge in [-0.25, -0.2) is 4.98 Å². The normalized spacial score (nSPS) is 9.94. The Bertz CT molecular complexity index is 505. The predicted octanol–water partition coefficient (Wildman–Crippen LogP) is 3.69. The van der Waals surface area contributed by atoms with E-state index in [1.54, 1.807) is 6.20 Å². The van der Waals surface area contributed by atoms with Crippen LogP contribution in [0.4, 0.5) is 0 Å². The quantitative estimate of drug-likeness (QED) is 0.791. The minimum atomic E-state index is 0.535. The van der Waals surface area contributed by atoms with Gasteiger partial charge in [-0.3, -0.25) is 0 Å². The number of aromatic nitrogens is 1. The second-order valence-corrected chi connectivity index (χ2v) is 3.94. The average molecular weight is 225 g/mol. The van der Waals surface area contributed by atoms with Crippen LogP contribution in [0, 0.1) is 0 Å². The third-order valence-corrected chi connectivity index (χ3v) is 2.46. The molecule has 0 unspecified atom stereocenters. The van der Waals surface area contributed by atoms with Crippen LogP contribution in [-0.2, 0) is 6.61 Å². The number of allylic oxidation sites excluding steroid dienone is 1. The van der Waals surface area contributed by atoms with Crippen LogP contribution in [0.3, 0.4) is 0 Å². The molecule has 0 saturated heterocycles. The largest absolute Gasteiger partial charge is 0.473 e. The number of hydrogen-bond acceptors (Lipinski definition) is 2. The molecule has 86 valence electrons. The van der Waals surface area contributed by atoms with Crippen LogP contribution in [-0.4, -0.2) is 4.98 Å². The van der Waals surface area contributed by atoms with Crippen LogP contribution in [0.5, 0.6) is 5.88 Å². The van der Waals surface area contributed by atoms with Gasteiger partial charge in [0.1, 0.15) is 6.61 Å². The molecule has 0 spiro atoms. The van der Waals surface area contributed by atoms with Crippen molar-refractivity contribution in [3.05, 3.63) is 66.4 Å². The molecule has 1 aromatic heterocycles. The molecule has 1 heterocycles. The summed E-state index contributed by atoms with van der Waals surface area (Å²) >= 11 is 0. The topological polar surface area (TPSA) is 22.1 Å². The zero-order chi connectivity index (χ0) is 12.1. The van der Waals surface area contributed by atoms with E-state index in [0.29, 0.717) is 12.5 Å². The van der Waals surface area contributed by atoms with E-state index in [1.165, 1.54) is 0 Å². The van der Waals surface area contributed by atoms with Crippen molar-refractivity contribution in [2.45, 2.75) is 13.5 Å². The third kappa shape index (κ3) is 3.18. The van der Waals surface area contributed by atoms with Gasteiger partial charge in [0.2, 0.25) is 5.88 Å². The van der Waals surface area contributed by atoms with E-state index >= 15 is 0 Å². The highest BCUT2D eigenvalue weighted by molar-refractivity contribution is 5.61. The van der Waals surface area contributed by atoms with Crippen molar-refractivity contribution >= 4 is 5.57 Å². The van der Waals surface area contributed by atoms with Crippen LogP contribution in [0.25, 0.3) is 5.57 Å². The first-order valence-corrected chi connectivity index (χ1v) is 5.54. The second-order valence-electron chi connectivity index (χ2n) is 3.94. The molecular weight excluding hydrogens is 210 g/mol. The van der Waals surface area contributed by atoms with Gasteiger partial charge in [-0.1, -0.05) is 42.5 Å². The molecule has 0 aliphatic heterocycles. The van der Waals surface area contributed by atoms with E-state index in [4.69, 9.17) is 4.74 Å². The molecule has 0 aliphatic carbocycles. The van der Waals surface area contributed by atoms with Crippen LogP contribution in [0.15, 0.2) is 55.2 Å². The lowest BCUT2D eigenvalue weighted by molar-refractivity contribution is 0.294. The molecular formula is C15H15NO. The Morgan fingerprint density at radius 2 is 2.00 bits per heavy atom. The number of pyridine rings is 1. The lowest BCUT2D eigenvalue weighted by Crippen LogP contribution is -1.97. The Balaban J connectivity index is 2.04. The molecule has 0 fully saturated rings. The number of benzene rings is 1. The lowest BCUT2D eigenvalue weighted by Gasteiger charge is -2.06. The Labute approximate surface area is 102 Å². The van der Waals surface area contributed by atoms with E-state index < -0.39 is 0 Å². The van der Waals surface area contributed by atoms with Crippen molar-refractivity contribution in [3.63, 3.8) is 0 Å². The molecule has 2 nitrogen and oxygen atoms in total. The zero-order valence-corrected chi connectivity index (χ0v) is 9.89. The van der Waals surface area contributed by atoms with Crippen molar-refractivity contribution in [2.24, 2.45) is 0 Å². The first kappa shape index (κ1) is 11.4. The molecule has 2 heteroatoms. The van der Waals surface area contributed by atoms with Crippen LogP contribution in [0.1, 0.15) is 18.1 Å². The predicted molar refractivity (Wildman–Crippen MR) is 69.7 cm³/mol. The standard InChI is InChI=1S/C15H15NO/c1-12(2)14-8-9-16-15(10-14)17-11-13-6-4-3-5-7-13/h3-10H,1,11H2,2H3. The summed E-state index contributed by atoms with van der Waals surface area (Å²) in [7, 11) is 0. The summed E-state index contributed by atoms with van der Waals surface area (Å²) in [5.41, 5.74) is 3.20. The molecule has 0 aliphatic rings. The molecule has 1 aromatic carbocycles. The smallest absolute Gasteiger partial charge is 0.214 e. The molecule has 2 aromatic rings. The number of hydrogen-bond donors (Lipinski definition) is 0. The Kier molecular flexibility index (Phi) is 3.55. The van der Waals surface area contributed by atoms with E-state index in [2.05, 4.69) is 11.6 Å². The van der Waals surface area contributed by atoms with Crippen molar-refractivity contribution in [2.75, 3.05) is 0 Å². The monoisotopic (exact) mass is 225 g/mol. The van der Waals surface area contributed by atoms with Crippen molar-refractivity contribution in [3.8, 4) is 5.88 Å². The maximum atomic E-state index is 5.63. The summed E-state index contributed by atoms with van der Waals surface area (Å²) < 4.78 is 5.63. The fourth-order valence-electron chi connectivity index (χ4n) is 1.49. The Hall–Kier alpha value is -2.09. The molecule has 0 amide bonds. The Morgan fingerprint density at radius 3 is 2.71 bits per heavy atom. The number of ether oxygens (including phenoxy) is 1. The van der Waals surface area contributed by atoms with E-state index in [0.717, 1.165) is 16.7 Å². The summed E-state index contributed by atoms with van der Waals surface area (Å²) in [6, 6.07) is 13.9. The van der Waals surface area contributed by atoms with Gasteiger partial charge < -0.3 is 4.74 Å². The zero-order valence-electron chi connectivity index (χ0n) is 9.89. The summed E-state index contributed by atoms with van der Waals surface area (Å²) in [5.74, 6) is 0.634. The molecule has 0 N–H and O–H groups in total. The molecule has 2 rings (SSSR count). The van der Waals surface area contributed by atoms with E-state index in [-0.39, 0.29) is 0 Å². The van der Waals surface area contributed by atoms with E-state index in [1.807, 2.05) is 49.4 Å². The first-order valence-electron chi connectivity index (χ1n) is 5.54. The molecule has 0 atom stereocenters. The van der Waals surface area contributed by atoms with Gasteiger partial charge in [0.05, 0.1) is 0 Å². The molecule has 0 saturated carbocycles. The van der Waals surface area contributed by atoms with Gasteiger partial charge in [-0.2, -0.15) is 0 Å². The average Bonchev–Trinajstić information content (AvgIpc) is 2.38. The minimum Gasteiger partial charge on any atom is -0.473 e. The number of nitrogens with zero attached hydrogens (tertiary/aromatic N) is 1. The summed E-state index contributed by atoms with van der Waals surface area (Å²) in [6.45, 7) is 6.41. The second kappa shape index (κ2) is 5.30. The maximum Gasteiger partial charge on any atom is 0.214 e. The lowest BCUT2D eigenvalue weighted by atomic mass is 10.1. The van der Waals surface area contributed by atoms with Gasteiger partial charge in [0.25, 0.3) is 0 Å². The van der Waals surface area contributed by atoms with Gasteiger partial charge in [-0.15, -0.1) is 0 Å². The highest BCUT2D eigenvalue weighted by Gasteiger charge is 1.99. The third-order valence-electron chi connectivity index (χ3n) is 2.46. The fourth-order valence-corrected chi connectivity index (χ4v) is 1.49. The highest BCUT2D eigenvalue weighted by Crippen LogP contribution is 2.16. The number of rotatable bonds is 4. The molecule has 17 heavy (non-hydrogen) atoms. The van der Waals surface area contributed by atoms with Crippen LogP contribution in [0.2, 0.25) is 0 Å². The van der Waals surface area contributed by atoms with Crippen molar-refractivity contribution < 1.29 is 4.74 Å². The molecule has 0 radical (unpaired) electrons.